The number of hydrogen-bond acceptors (Lipinski definition) is 3. The Hall–Kier alpha value is -2.62. The van der Waals surface area contributed by atoms with E-state index >= 15 is 0 Å². The summed E-state index contributed by atoms with van der Waals surface area (Å²) >= 11 is 0. The van der Waals surface area contributed by atoms with Crippen LogP contribution in [0.2, 0.25) is 0 Å². The molecule has 1 N–H and O–H groups in total. The summed E-state index contributed by atoms with van der Waals surface area (Å²) in [6.07, 6.45) is 1.35. The predicted molar refractivity (Wildman–Crippen MR) is 86.6 cm³/mol. The third-order valence-electron chi connectivity index (χ3n) is 3.96. The van der Waals surface area contributed by atoms with Crippen LogP contribution in [-0.4, -0.2) is 17.9 Å². The molecule has 0 bridgehead atoms. The van der Waals surface area contributed by atoms with Gasteiger partial charge in [-0.15, -0.1) is 0 Å². The quantitative estimate of drug-likeness (QED) is 0.883. The van der Waals surface area contributed by atoms with Gasteiger partial charge in [0.2, 0.25) is 5.91 Å². The van der Waals surface area contributed by atoms with Crippen molar-refractivity contribution in [2.24, 2.45) is 0 Å². The molecule has 0 saturated carbocycles. The average molecular weight is 309 g/mol. The maximum absolute atomic E-state index is 12.5. The van der Waals surface area contributed by atoms with Crippen LogP contribution in [0, 0.1) is 0 Å². The first-order valence-corrected chi connectivity index (χ1v) is 7.84. The topological polar surface area (TPSA) is 55.4 Å². The molecule has 0 spiro atoms. The van der Waals surface area contributed by atoms with Gasteiger partial charge in [0, 0.05) is 6.42 Å². The molecule has 0 aromatic heterocycles. The maximum Gasteiger partial charge on any atom is 0.329 e. The van der Waals surface area contributed by atoms with E-state index in [1.807, 2.05) is 60.7 Å². The van der Waals surface area contributed by atoms with Crippen molar-refractivity contribution in [2.75, 3.05) is 0 Å². The highest BCUT2D eigenvalue weighted by atomic mass is 16.5. The number of carbonyl (C=O) groups is 2. The second-order valence-electron chi connectivity index (χ2n) is 5.65. The Morgan fingerprint density at radius 1 is 1.00 bits per heavy atom. The summed E-state index contributed by atoms with van der Waals surface area (Å²) in [5.41, 5.74) is 1.82. The molecule has 4 heteroatoms. The van der Waals surface area contributed by atoms with E-state index in [4.69, 9.17) is 4.74 Å². The average Bonchev–Trinajstić information content (AvgIpc) is 2.61. The first-order valence-electron chi connectivity index (χ1n) is 7.84. The fourth-order valence-electron chi connectivity index (χ4n) is 2.76. The van der Waals surface area contributed by atoms with Gasteiger partial charge >= 0.3 is 5.97 Å². The van der Waals surface area contributed by atoms with Crippen LogP contribution in [-0.2, 0) is 14.3 Å². The van der Waals surface area contributed by atoms with Crippen LogP contribution in [0.4, 0.5) is 0 Å². The van der Waals surface area contributed by atoms with Crippen molar-refractivity contribution >= 4 is 11.9 Å². The third-order valence-corrected chi connectivity index (χ3v) is 3.96. The molecule has 0 unspecified atom stereocenters. The number of benzene rings is 2. The van der Waals surface area contributed by atoms with E-state index in [9.17, 15) is 9.59 Å². The highest BCUT2D eigenvalue weighted by Crippen LogP contribution is 2.27. The first kappa shape index (κ1) is 15.3. The zero-order valence-electron chi connectivity index (χ0n) is 12.8. The molecule has 1 aliphatic rings. The molecule has 1 heterocycles. The van der Waals surface area contributed by atoms with E-state index in [-0.39, 0.29) is 11.9 Å². The Balaban J connectivity index is 1.82. The lowest BCUT2D eigenvalue weighted by Crippen LogP contribution is -2.45. The summed E-state index contributed by atoms with van der Waals surface area (Å²) in [7, 11) is 0. The minimum absolute atomic E-state index is 0.0887. The molecule has 1 amide bonds. The number of hydrogen-bond donors (Lipinski definition) is 1. The minimum atomic E-state index is -0.550. The number of amides is 1. The van der Waals surface area contributed by atoms with Gasteiger partial charge in [-0.2, -0.15) is 0 Å². The van der Waals surface area contributed by atoms with Crippen molar-refractivity contribution in [3.63, 3.8) is 0 Å². The van der Waals surface area contributed by atoms with E-state index in [2.05, 4.69) is 5.32 Å². The molecule has 2 aromatic rings. The van der Waals surface area contributed by atoms with Crippen LogP contribution >= 0.6 is 0 Å². The summed E-state index contributed by atoms with van der Waals surface area (Å²) in [4.78, 5) is 23.9. The minimum Gasteiger partial charge on any atom is -0.451 e. The second-order valence-corrected chi connectivity index (χ2v) is 5.65. The molecule has 118 valence electrons. The molecule has 0 aliphatic carbocycles. The van der Waals surface area contributed by atoms with Crippen LogP contribution in [0.3, 0.4) is 0 Å². The van der Waals surface area contributed by atoms with Gasteiger partial charge in [-0.25, -0.2) is 4.79 Å². The van der Waals surface area contributed by atoms with Crippen molar-refractivity contribution in [1.82, 2.24) is 5.32 Å². The Kier molecular flexibility index (Phi) is 4.71. The zero-order chi connectivity index (χ0) is 16.1. The fraction of sp³-hybridized carbons (Fsp3) is 0.263. The Morgan fingerprint density at radius 3 is 2.09 bits per heavy atom. The summed E-state index contributed by atoms with van der Waals surface area (Å²) in [6.45, 7) is 0. The van der Waals surface area contributed by atoms with Gasteiger partial charge < -0.3 is 10.1 Å². The van der Waals surface area contributed by atoms with Gasteiger partial charge in [0.25, 0.3) is 0 Å². The summed E-state index contributed by atoms with van der Waals surface area (Å²) in [5.74, 6) is -0.468. The number of esters is 1. The molecule has 0 radical (unpaired) electrons. The summed E-state index contributed by atoms with van der Waals surface area (Å²) in [6, 6.07) is 18.7. The molecule has 4 nitrogen and oxygen atoms in total. The van der Waals surface area contributed by atoms with Gasteiger partial charge in [0.15, 0.2) is 6.10 Å². The molecular formula is C19H19NO3. The van der Waals surface area contributed by atoms with Crippen molar-refractivity contribution in [3.8, 4) is 0 Å². The van der Waals surface area contributed by atoms with Crippen molar-refractivity contribution in [1.29, 1.82) is 0 Å². The van der Waals surface area contributed by atoms with Crippen LogP contribution in [0.25, 0.3) is 0 Å². The summed E-state index contributed by atoms with van der Waals surface area (Å²) in [5, 5.41) is 2.71. The molecular weight excluding hydrogens is 290 g/mol. The lowest BCUT2D eigenvalue weighted by atomic mass is 10.0. The lowest BCUT2D eigenvalue weighted by Gasteiger charge is -2.25. The molecule has 1 fully saturated rings. The molecule has 1 atom stereocenters. The number of ether oxygens (including phenoxy) is 1. The third kappa shape index (κ3) is 3.77. The Bertz CT molecular complexity index is 630. The summed E-state index contributed by atoms with van der Waals surface area (Å²) < 4.78 is 5.76. The van der Waals surface area contributed by atoms with Gasteiger partial charge in [-0.05, 0) is 24.0 Å². The Morgan fingerprint density at radius 2 is 1.57 bits per heavy atom. The highest BCUT2D eigenvalue weighted by molar-refractivity contribution is 5.85. The molecule has 1 saturated heterocycles. The SMILES string of the molecule is O=C1CCC[C@@H](C(=O)OC(c2ccccc2)c2ccccc2)N1. The van der Waals surface area contributed by atoms with Crippen LogP contribution in [0.5, 0.6) is 0 Å². The lowest BCUT2D eigenvalue weighted by molar-refractivity contribution is -0.152. The molecule has 1 aliphatic heterocycles. The van der Waals surface area contributed by atoms with E-state index in [0.29, 0.717) is 19.3 Å². The van der Waals surface area contributed by atoms with Crippen LogP contribution in [0.15, 0.2) is 60.7 Å². The van der Waals surface area contributed by atoms with Crippen molar-refractivity contribution in [2.45, 2.75) is 31.4 Å². The molecule has 2 aromatic carbocycles. The smallest absolute Gasteiger partial charge is 0.329 e. The van der Waals surface area contributed by atoms with Crippen LogP contribution < -0.4 is 5.32 Å². The fourth-order valence-corrected chi connectivity index (χ4v) is 2.76. The second kappa shape index (κ2) is 7.09. The Labute approximate surface area is 135 Å². The van der Waals surface area contributed by atoms with Crippen molar-refractivity contribution < 1.29 is 14.3 Å². The van der Waals surface area contributed by atoms with Gasteiger partial charge in [-0.1, -0.05) is 60.7 Å². The van der Waals surface area contributed by atoms with E-state index in [1.165, 1.54) is 0 Å². The first-order chi connectivity index (χ1) is 11.2. The van der Waals surface area contributed by atoms with Gasteiger partial charge in [0.05, 0.1) is 0 Å². The number of piperidine rings is 1. The van der Waals surface area contributed by atoms with E-state index in [0.717, 1.165) is 11.1 Å². The number of rotatable bonds is 4. The van der Waals surface area contributed by atoms with E-state index < -0.39 is 12.1 Å². The highest BCUT2D eigenvalue weighted by Gasteiger charge is 2.29. The number of carbonyl (C=O) groups excluding carboxylic acids is 2. The van der Waals surface area contributed by atoms with Crippen LogP contribution in [0.1, 0.15) is 36.5 Å². The largest absolute Gasteiger partial charge is 0.451 e. The molecule has 3 rings (SSSR count). The predicted octanol–water partition coefficient (Wildman–Crippen LogP) is 2.99. The zero-order valence-corrected chi connectivity index (χ0v) is 12.8. The standard InChI is InChI=1S/C19H19NO3/c21-17-13-7-12-16(20-17)19(22)23-18(14-8-3-1-4-9-14)15-10-5-2-6-11-15/h1-6,8-11,16,18H,7,12-13H2,(H,20,21)/t16-/m0/s1. The van der Waals surface area contributed by atoms with Gasteiger partial charge in [0.1, 0.15) is 6.04 Å². The van der Waals surface area contributed by atoms with E-state index in [1.54, 1.807) is 0 Å². The van der Waals surface area contributed by atoms with Crippen molar-refractivity contribution in [3.05, 3.63) is 71.8 Å². The maximum atomic E-state index is 12.5. The molecule has 23 heavy (non-hydrogen) atoms. The van der Waals surface area contributed by atoms with Gasteiger partial charge in [-0.3, -0.25) is 4.79 Å². The normalized spacial score (nSPS) is 17.6. The monoisotopic (exact) mass is 309 g/mol. The number of nitrogens with one attached hydrogen (secondary N) is 1.